The Bertz CT molecular complexity index is 498. The third-order valence-corrected chi connectivity index (χ3v) is 5.11. The third-order valence-electron chi connectivity index (χ3n) is 3.58. The molecule has 1 aromatic heterocycles. The molecule has 0 spiro atoms. The van der Waals surface area contributed by atoms with Crippen LogP contribution in [0.15, 0.2) is 12.3 Å². The number of anilines is 1. The van der Waals surface area contributed by atoms with Gasteiger partial charge in [-0.2, -0.15) is 11.8 Å². The van der Waals surface area contributed by atoms with Crippen molar-refractivity contribution in [3.05, 3.63) is 22.8 Å². The molecule has 1 saturated carbocycles. The molecule has 1 aliphatic carbocycles. The Labute approximate surface area is 135 Å². The maximum absolute atomic E-state index is 12.4. The predicted molar refractivity (Wildman–Crippen MR) is 90.4 cm³/mol. The number of amides is 1. The number of nitrogens with one attached hydrogen (secondary N) is 2. The Balaban J connectivity index is 1.98. The Morgan fingerprint density at radius 2 is 2.29 bits per heavy atom. The molecule has 0 aromatic carbocycles. The highest BCUT2D eigenvalue weighted by Crippen LogP contribution is 2.30. The van der Waals surface area contributed by atoms with Gasteiger partial charge in [-0.1, -0.05) is 18.5 Å². The van der Waals surface area contributed by atoms with E-state index in [1.54, 1.807) is 6.07 Å². The third kappa shape index (κ3) is 4.51. The number of aromatic nitrogens is 1. The molecule has 0 saturated heterocycles. The van der Waals surface area contributed by atoms with Crippen molar-refractivity contribution < 1.29 is 4.79 Å². The highest BCUT2D eigenvalue weighted by Gasteiger charge is 2.26. The lowest BCUT2D eigenvalue weighted by atomic mass is 10.2. The van der Waals surface area contributed by atoms with Crippen LogP contribution in [0.3, 0.4) is 0 Å². The zero-order valence-corrected chi connectivity index (χ0v) is 14.1. The second-order valence-electron chi connectivity index (χ2n) is 5.14. The fraction of sp³-hybridized carbons (Fsp3) is 0.600. The summed E-state index contributed by atoms with van der Waals surface area (Å²) in [6.07, 6.45) is 4.80. The van der Waals surface area contributed by atoms with Gasteiger partial charge in [-0.25, -0.2) is 4.98 Å². The maximum Gasteiger partial charge on any atom is 0.253 e. The molecular formula is C15H22ClN3OS. The van der Waals surface area contributed by atoms with Gasteiger partial charge in [-0.3, -0.25) is 4.79 Å². The molecule has 1 aliphatic rings. The lowest BCUT2D eigenvalue weighted by Crippen LogP contribution is -2.33. The molecule has 2 atom stereocenters. The zero-order valence-electron chi connectivity index (χ0n) is 12.5. The molecule has 0 aliphatic heterocycles. The van der Waals surface area contributed by atoms with Gasteiger partial charge < -0.3 is 10.6 Å². The van der Waals surface area contributed by atoms with E-state index in [0.717, 1.165) is 25.1 Å². The molecule has 4 nitrogen and oxygen atoms in total. The summed E-state index contributed by atoms with van der Waals surface area (Å²) in [6.45, 7) is 4.92. The lowest BCUT2D eigenvalue weighted by Gasteiger charge is -2.14. The summed E-state index contributed by atoms with van der Waals surface area (Å²) in [5, 5.41) is 7.26. The number of halogens is 1. The van der Waals surface area contributed by atoms with Gasteiger partial charge in [0.05, 0.1) is 10.6 Å². The molecule has 1 heterocycles. The van der Waals surface area contributed by atoms with Crippen LogP contribution < -0.4 is 10.6 Å². The summed E-state index contributed by atoms with van der Waals surface area (Å²) < 4.78 is 0. The Hall–Kier alpha value is -0.940. The van der Waals surface area contributed by atoms with E-state index in [1.165, 1.54) is 12.6 Å². The van der Waals surface area contributed by atoms with E-state index in [9.17, 15) is 4.79 Å². The largest absolute Gasteiger partial charge is 0.370 e. The van der Waals surface area contributed by atoms with Crippen molar-refractivity contribution in [3.8, 4) is 0 Å². The van der Waals surface area contributed by atoms with E-state index in [1.807, 2.05) is 18.7 Å². The van der Waals surface area contributed by atoms with Crippen molar-refractivity contribution in [2.24, 2.45) is 0 Å². The molecule has 0 bridgehead atoms. The van der Waals surface area contributed by atoms with Gasteiger partial charge in [0.2, 0.25) is 0 Å². The number of nitrogens with zero attached hydrogens (tertiary/aromatic N) is 1. The van der Waals surface area contributed by atoms with Crippen LogP contribution in [0.2, 0.25) is 5.02 Å². The zero-order chi connectivity index (χ0) is 15.2. The van der Waals surface area contributed by atoms with Crippen LogP contribution in [0.5, 0.6) is 0 Å². The smallest absolute Gasteiger partial charge is 0.253 e. The second-order valence-corrected chi connectivity index (χ2v) is 7.13. The van der Waals surface area contributed by atoms with Gasteiger partial charge >= 0.3 is 0 Å². The van der Waals surface area contributed by atoms with Gasteiger partial charge in [0.15, 0.2) is 0 Å². The van der Waals surface area contributed by atoms with Crippen molar-refractivity contribution in [1.82, 2.24) is 10.3 Å². The first-order valence-electron chi connectivity index (χ1n) is 7.45. The molecule has 6 heteroatoms. The van der Waals surface area contributed by atoms with E-state index in [2.05, 4.69) is 22.5 Å². The van der Waals surface area contributed by atoms with E-state index >= 15 is 0 Å². The van der Waals surface area contributed by atoms with Crippen molar-refractivity contribution in [2.45, 2.75) is 44.4 Å². The number of carbonyl (C=O) groups is 1. The normalized spacial score (nSPS) is 21.3. The number of carbonyl (C=O) groups excluding carboxylic acids is 1. The summed E-state index contributed by atoms with van der Waals surface area (Å²) in [4.78, 5) is 16.5. The SMILES string of the molecule is CCNc1cc(C(=O)NC2CCC(SCC)C2)c(Cl)cn1. The summed E-state index contributed by atoms with van der Waals surface area (Å²) in [5.74, 6) is 1.71. The van der Waals surface area contributed by atoms with Gasteiger partial charge in [0, 0.05) is 24.0 Å². The first kappa shape index (κ1) is 16.4. The minimum absolute atomic E-state index is 0.103. The van der Waals surface area contributed by atoms with Crippen LogP contribution in [0.4, 0.5) is 5.82 Å². The van der Waals surface area contributed by atoms with Crippen molar-refractivity contribution >= 4 is 35.1 Å². The number of pyridine rings is 1. The molecular weight excluding hydrogens is 306 g/mol. The van der Waals surface area contributed by atoms with Crippen LogP contribution in [0.25, 0.3) is 0 Å². The first-order valence-corrected chi connectivity index (χ1v) is 8.88. The Morgan fingerprint density at radius 3 is 3.00 bits per heavy atom. The van der Waals surface area contributed by atoms with Crippen LogP contribution >= 0.6 is 23.4 Å². The quantitative estimate of drug-likeness (QED) is 0.838. The topological polar surface area (TPSA) is 54.0 Å². The Morgan fingerprint density at radius 1 is 1.48 bits per heavy atom. The highest BCUT2D eigenvalue weighted by atomic mass is 35.5. The van der Waals surface area contributed by atoms with Crippen LogP contribution in [-0.2, 0) is 0 Å². The summed E-state index contributed by atoms with van der Waals surface area (Å²) >= 11 is 8.08. The predicted octanol–water partition coefficient (Wildman–Crippen LogP) is 3.57. The molecule has 2 unspecified atom stereocenters. The number of rotatable bonds is 6. The van der Waals surface area contributed by atoms with E-state index < -0.39 is 0 Å². The molecule has 116 valence electrons. The molecule has 2 rings (SSSR count). The van der Waals surface area contributed by atoms with Crippen molar-refractivity contribution in [1.29, 1.82) is 0 Å². The van der Waals surface area contributed by atoms with E-state index in [0.29, 0.717) is 21.7 Å². The van der Waals surface area contributed by atoms with Crippen LogP contribution in [0.1, 0.15) is 43.5 Å². The van der Waals surface area contributed by atoms with Crippen LogP contribution in [0, 0.1) is 0 Å². The molecule has 21 heavy (non-hydrogen) atoms. The average molecular weight is 328 g/mol. The minimum atomic E-state index is -0.103. The van der Waals surface area contributed by atoms with Gasteiger partial charge in [-0.05, 0) is 38.0 Å². The maximum atomic E-state index is 12.4. The second kappa shape index (κ2) is 7.90. The van der Waals surface area contributed by atoms with Gasteiger partial charge in [-0.15, -0.1) is 0 Å². The van der Waals surface area contributed by atoms with Crippen LogP contribution in [-0.4, -0.2) is 34.5 Å². The number of hydrogen-bond donors (Lipinski definition) is 2. The number of thioether (sulfide) groups is 1. The van der Waals surface area contributed by atoms with E-state index in [4.69, 9.17) is 11.6 Å². The lowest BCUT2D eigenvalue weighted by molar-refractivity contribution is 0.0938. The fourth-order valence-electron chi connectivity index (χ4n) is 2.61. The summed E-state index contributed by atoms with van der Waals surface area (Å²) in [6, 6.07) is 1.97. The van der Waals surface area contributed by atoms with E-state index in [-0.39, 0.29) is 11.9 Å². The highest BCUT2D eigenvalue weighted by molar-refractivity contribution is 7.99. The fourth-order valence-corrected chi connectivity index (χ4v) is 3.94. The molecule has 1 amide bonds. The Kier molecular flexibility index (Phi) is 6.18. The molecule has 1 aromatic rings. The molecule has 1 fully saturated rings. The standard InChI is InChI=1S/C15H22ClN3OS/c1-3-17-14-8-12(13(16)9-18-14)15(20)19-10-5-6-11(7-10)21-4-2/h8-11H,3-7H2,1-2H3,(H,17,18)(H,19,20). The first-order chi connectivity index (χ1) is 10.1. The molecule has 2 N–H and O–H groups in total. The number of hydrogen-bond acceptors (Lipinski definition) is 4. The van der Waals surface area contributed by atoms with Crippen molar-refractivity contribution in [2.75, 3.05) is 17.6 Å². The monoisotopic (exact) mass is 327 g/mol. The summed E-state index contributed by atoms with van der Waals surface area (Å²) in [5.41, 5.74) is 0.495. The average Bonchev–Trinajstić information content (AvgIpc) is 2.89. The summed E-state index contributed by atoms with van der Waals surface area (Å²) in [7, 11) is 0. The van der Waals surface area contributed by atoms with Gasteiger partial charge in [0.25, 0.3) is 5.91 Å². The molecule has 0 radical (unpaired) electrons. The van der Waals surface area contributed by atoms with Crippen molar-refractivity contribution in [3.63, 3.8) is 0 Å². The van der Waals surface area contributed by atoms with Gasteiger partial charge in [0.1, 0.15) is 5.82 Å². The minimum Gasteiger partial charge on any atom is -0.370 e.